The zero-order valence-electron chi connectivity index (χ0n) is 60.5. The fraction of sp³-hybridized carbons (Fsp3) is 0.486. The summed E-state index contributed by atoms with van der Waals surface area (Å²) in [5, 5.41) is 76.2. The van der Waals surface area contributed by atoms with E-state index in [0.29, 0.717) is 75.4 Å². The van der Waals surface area contributed by atoms with Crippen LogP contribution in [-0.2, 0) is 89.8 Å². The van der Waals surface area contributed by atoms with Gasteiger partial charge in [0, 0.05) is 79.8 Å². The number of rotatable bonds is 18. The van der Waals surface area contributed by atoms with E-state index in [9.17, 15) is 58.8 Å². The minimum Gasteiger partial charge on any atom is -0.507 e. The Hall–Kier alpha value is -8.91. The molecule has 108 heavy (non-hydrogen) atoms. The van der Waals surface area contributed by atoms with E-state index >= 15 is 19.2 Å². The van der Waals surface area contributed by atoms with Gasteiger partial charge in [0.1, 0.15) is 66.2 Å². The Kier molecular flexibility index (Phi) is 35.1. The molecule has 11 amide bonds. The molecule has 0 radical (unpaired) electrons. The molecule has 21 N–H and O–H groups in total. The molecular weight excluding hydrogens is 1550 g/mol. The number of aromatic hydroxyl groups is 1. The SMILES string of the molecule is CC(C)NCc1ccc(C[C@@H]2NC(=O)[C@@H](Cc3c[nH]c4ccccc34)NC(=O)[C@@H]3CCC(=O)NCCCCCC[C@H](NC(=O)[C@H](Cc4ccc(O)c(I)c4)NC(=O)[C@@H]([C@@H](C)O)NC2=O)C(=O)N[C@@H](CO)C(=O)N[C@H](C(=O)O)CSSC[C@H](N)C(=O)N[C@@H](CCCCN)C(=O)N[C@@H](Cc2ccccc2)C(=O)N3)cc1. The molecule has 2 saturated heterocycles. The van der Waals surface area contributed by atoms with Crippen molar-refractivity contribution in [3.05, 3.63) is 135 Å². The molecule has 1 aromatic heterocycles. The largest absolute Gasteiger partial charge is 0.507 e. The normalized spacial score (nSPS) is 24.4. The van der Waals surface area contributed by atoms with Gasteiger partial charge >= 0.3 is 5.97 Å². The van der Waals surface area contributed by atoms with Crippen molar-refractivity contribution in [2.45, 2.75) is 196 Å². The summed E-state index contributed by atoms with van der Waals surface area (Å²) >= 11 is 1.86. The number of nitrogens with two attached hydrogens (primary N) is 2. The lowest BCUT2D eigenvalue weighted by molar-refractivity contribution is -0.142. The lowest BCUT2D eigenvalue weighted by Crippen LogP contribution is -2.62. The van der Waals surface area contributed by atoms with Gasteiger partial charge in [0.05, 0.1) is 22.3 Å². The maximum Gasteiger partial charge on any atom is 0.327 e. The number of unbranched alkanes of at least 4 members (excludes halogenated alkanes) is 1. The second-order valence-electron chi connectivity index (χ2n) is 27.1. The maximum atomic E-state index is 15.5. The number of halogens is 1. The second kappa shape index (κ2) is 43.9. The van der Waals surface area contributed by atoms with Gasteiger partial charge in [0.2, 0.25) is 65.0 Å². The number of aromatic amines is 1. The minimum atomic E-state index is -1.89. The lowest BCUT2D eigenvalue weighted by Gasteiger charge is -2.29. The molecule has 2 fully saturated rings. The van der Waals surface area contributed by atoms with E-state index in [2.05, 4.69) is 68.8 Å². The van der Waals surface area contributed by atoms with Crippen LogP contribution in [0.3, 0.4) is 0 Å². The smallest absolute Gasteiger partial charge is 0.327 e. The van der Waals surface area contributed by atoms with Crippen LogP contribution >= 0.6 is 44.2 Å². The summed E-state index contributed by atoms with van der Waals surface area (Å²) in [6.45, 7) is 4.90. The first-order chi connectivity index (χ1) is 51.7. The third-order valence-electron chi connectivity index (χ3n) is 18.2. The number of nitrogens with one attached hydrogen (secondary N) is 13. The van der Waals surface area contributed by atoms with E-state index < -0.39 is 150 Å². The van der Waals surface area contributed by atoms with Crippen LogP contribution in [-0.4, -0.2) is 206 Å². The third-order valence-corrected chi connectivity index (χ3v) is 21.5. The first kappa shape index (κ1) is 86.3. The highest BCUT2D eigenvalue weighted by molar-refractivity contribution is 14.1. The van der Waals surface area contributed by atoms with E-state index in [0.717, 1.165) is 27.2 Å². The Balaban J connectivity index is 1.37. The number of H-pyrrole nitrogens is 1. The number of aliphatic hydroxyl groups excluding tert-OH is 2. The molecule has 2 aliphatic heterocycles. The summed E-state index contributed by atoms with van der Waals surface area (Å²) in [5.41, 5.74) is 15.7. The number of benzene rings is 4. The number of carboxylic acids is 1. The topological polar surface area (TPSA) is 498 Å². The van der Waals surface area contributed by atoms with Crippen LogP contribution < -0.4 is 75.3 Å². The van der Waals surface area contributed by atoms with Gasteiger partial charge < -0.3 is 101 Å². The number of phenolic OH excluding ortho intramolecular Hbond substituents is 1. The number of para-hydroxylation sites is 1. The van der Waals surface area contributed by atoms with Crippen LogP contribution in [0.25, 0.3) is 10.9 Å². The molecule has 2 aliphatic rings. The fourth-order valence-corrected chi connectivity index (χ4v) is 14.8. The molecule has 586 valence electrons. The number of amides is 11. The van der Waals surface area contributed by atoms with Gasteiger partial charge in [-0.15, -0.1) is 0 Å². The predicted molar refractivity (Wildman–Crippen MR) is 416 cm³/mol. The molecule has 0 unspecified atom stereocenters. The minimum absolute atomic E-state index is 0.0111. The van der Waals surface area contributed by atoms with Crippen LogP contribution in [0, 0.1) is 3.57 Å². The quantitative estimate of drug-likeness (QED) is 0.0318. The van der Waals surface area contributed by atoms with E-state index in [1.165, 1.54) is 25.1 Å². The number of aliphatic carboxylic acids is 1. The molecule has 0 saturated carbocycles. The third kappa shape index (κ3) is 27.6. The van der Waals surface area contributed by atoms with Crippen molar-refractivity contribution in [2.75, 3.05) is 31.2 Å². The Morgan fingerprint density at radius 3 is 1.73 bits per heavy atom. The Bertz CT molecular complexity index is 3900. The van der Waals surface area contributed by atoms with Crippen molar-refractivity contribution >= 4 is 126 Å². The van der Waals surface area contributed by atoms with E-state index in [1.807, 2.05) is 48.6 Å². The van der Waals surface area contributed by atoms with E-state index in [1.54, 1.807) is 72.9 Å². The molecule has 34 heteroatoms. The summed E-state index contributed by atoms with van der Waals surface area (Å²) in [6.07, 6.45) is 0.0483. The number of aromatic nitrogens is 1. The number of carboxylic acid groups (broad SMARTS) is 1. The number of hydrogen-bond donors (Lipinski definition) is 19. The Morgan fingerprint density at radius 2 is 1.09 bits per heavy atom. The molecule has 0 spiro atoms. The summed E-state index contributed by atoms with van der Waals surface area (Å²) in [7, 11) is 1.86. The van der Waals surface area contributed by atoms with Crippen LogP contribution in [0.4, 0.5) is 0 Å². The van der Waals surface area contributed by atoms with Crippen LogP contribution in [0.15, 0.2) is 103 Å². The van der Waals surface area contributed by atoms with Gasteiger partial charge in [0.15, 0.2) is 0 Å². The summed E-state index contributed by atoms with van der Waals surface area (Å²) in [6, 6.07) is 9.74. The maximum absolute atomic E-state index is 15.5. The van der Waals surface area contributed by atoms with Crippen molar-refractivity contribution in [1.82, 2.24) is 68.8 Å². The standard InChI is InChI=1S/C74H100IN15O16S2/c1-41(2)79-36-45-23-21-44(22-24-45)33-56-71(102)90-63(42(3)92)73(104)87-57(34-46-25-27-61(93)49(75)31-46)69(100)82-53-19-9-4-5-14-30-78-62(94)28-26-54(67(98)86-58(70(101)85-56)35-47-37-80-51-18-11-10-17-48(47)51)83-68(99)55(32-43-15-7-6-8-16-43)84-65(96)52(20-12-13-29-76)81-64(95)50(77)39-107-108-40-60(74(105)106)89-72(103)59(38-91)88-66(53)97/h6-8,10-11,15-18,21-25,27,31,37,41-42,50,52-60,63,79-80,91-93H,4-5,9,12-14,19-20,26,28-30,32-36,38-40,76-77H2,1-3H3,(H,78,94)(H,81,95)(H,82,100)(H,83,99)(H,84,96)(H,85,101)(H,86,98)(H,87,104)(H,88,97)(H,89,103)(H,90,102)(H,105,106)/t42-,50+,52+,53+,54+,55+,56+,57+,58-,59+,60+,63-/m1/s1. The Labute approximate surface area is 647 Å². The molecule has 31 nitrogen and oxygen atoms in total. The van der Waals surface area contributed by atoms with E-state index in [-0.39, 0.29) is 94.2 Å². The fourth-order valence-electron chi connectivity index (χ4n) is 12.0. The number of carbonyl (C=O) groups excluding carboxylic acids is 11. The first-order valence-electron chi connectivity index (χ1n) is 36.1. The number of fused-ring (bicyclic) bond motifs is 12. The summed E-state index contributed by atoms with van der Waals surface area (Å²) < 4.78 is 0.353. The van der Waals surface area contributed by atoms with Gasteiger partial charge in [-0.3, -0.25) is 52.7 Å². The van der Waals surface area contributed by atoms with Crippen molar-refractivity contribution in [3.63, 3.8) is 0 Å². The predicted octanol–water partition coefficient (Wildman–Crippen LogP) is 0.264. The molecule has 0 aliphatic carbocycles. The van der Waals surface area contributed by atoms with Crippen molar-refractivity contribution < 1.29 is 78.0 Å². The van der Waals surface area contributed by atoms with Gasteiger partial charge in [-0.2, -0.15) is 0 Å². The van der Waals surface area contributed by atoms with E-state index in [4.69, 9.17) is 11.5 Å². The molecule has 4 aromatic carbocycles. The van der Waals surface area contributed by atoms with Gasteiger partial charge in [-0.1, -0.05) is 134 Å². The zero-order chi connectivity index (χ0) is 78.4. The van der Waals surface area contributed by atoms with Crippen molar-refractivity contribution in [2.24, 2.45) is 11.5 Å². The highest BCUT2D eigenvalue weighted by Gasteiger charge is 2.38. The van der Waals surface area contributed by atoms with Crippen LogP contribution in [0.1, 0.15) is 113 Å². The van der Waals surface area contributed by atoms with Crippen molar-refractivity contribution in [1.29, 1.82) is 0 Å². The van der Waals surface area contributed by atoms with Gasteiger partial charge in [0.25, 0.3) is 0 Å². The number of carbonyl (C=O) groups is 12. The lowest BCUT2D eigenvalue weighted by atomic mass is 9.99. The zero-order valence-corrected chi connectivity index (χ0v) is 64.3. The summed E-state index contributed by atoms with van der Waals surface area (Å²) in [5.74, 6) is -12.5. The average Bonchev–Trinajstić information content (AvgIpc) is 1.64. The molecule has 3 heterocycles. The van der Waals surface area contributed by atoms with Gasteiger partial charge in [-0.25, -0.2) is 4.79 Å². The van der Waals surface area contributed by atoms with Gasteiger partial charge in [-0.05, 0) is 121 Å². The number of aliphatic hydroxyl groups is 2. The first-order valence-corrected chi connectivity index (χ1v) is 39.7. The van der Waals surface area contributed by atoms with Crippen LogP contribution in [0.5, 0.6) is 5.75 Å². The highest BCUT2D eigenvalue weighted by atomic mass is 127. The molecule has 5 aromatic rings. The number of phenols is 1. The monoisotopic (exact) mass is 1650 g/mol. The number of hydrogen-bond acceptors (Lipinski definition) is 20. The second-order valence-corrected chi connectivity index (χ2v) is 30.9. The Morgan fingerprint density at radius 1 is 0.565 bits per heavy atom. The van der Waals surface area contributed by atoms with Crippen molar-refractivity contribution in [3.8, 4) is 5.75 Å². The molecule has 2 bridgehead atoms. The highest BCUT2D eigenvalue weighted by Crippen LogP contribution is 2.25. The molecule has 12 atom stereocenters. The molecule has 7 rings (SSSR count). The van der Waals surface area contributed by atoms with Crippen LogP contribution in [0.2, 0.25) is 0 Å². The average molecular weight is 1650 g/mol. The summed E-state index contributed by atoms with van der Waals surface area (Å²) in [4.78, 5) is 178. The molecular formula is C74H100IN15O16S2.